The standard InChI is InChI=1S/C31H28ClFN2O5S/c1-34-24(20-40-19-21-9-5-3-6-10-21)18-35(23-11-7-4-8-12-23)29-17-27(32)25(16-30(29)41(34,37)38)22-13-14-28(33)26(15-22)31(36)39-2/h3-17,24H,18-20H2,1-2H3/t24-/m0/s1. The van der Waals surface area contributed by atoms with Crippen LogP contribution in [-0.2, 0) is 26.1 Å². The first-order chi connectivity index (χ1) is 19.7. The molecule has 4 aromatic rings. The Morgan fingerprint density at radius 3 is 2.37 bits per heavy atom. The normalized spacial score (nSPS) is 16.6. The average Bonchev–Trinajstić information content (AvgIpc) is 3.06. The second-order valence-corrected chi connectivity index (χ2v) is 12.0. The number of anilines is 2. The number of nitrogens with zero attached hydrogens (tertiary/aromatic N) is 2. The molecule has 0 radical (unpaired) electrons. The minimum atomic E-state index is -4.04. The number of hydrogen-bond donors (Lipinski definition) is 0. The van der Waals surface area contributed by atoms with E-state index in [4.69, 9.17) is 21.1 Å². The summed E-state index contributed by atoms with van der Waals surface area (Å²) in [6, 6.07) is 25.5. The van der Waals surface area contributed by atoms with Crippen molar-refractivity contribution < 1.29 is 27.1 Å². The van der Waals surface area contributed by atoms with Crippen LogP contribution in [0.15, 0.2) is 95.9 Å². The number of para-hydroxylation sites is 1. The highest BCUT2D eigenvalue weighted by Crippen LogP contribution is 2.42. The molecule has 1 aliphatic rings. The van der Waals surface area contributed by atoms with Crippen molar-refractivity contribution in [2.75, 3.05) is 32.2 Å². The van der Waals surface area contributed by atoms with E-state index >= 15 is 0 Å². The first kappa shape index (κ1) is 28.8. The van der Waals surface area contributed by atoms with E-state index < -0.39 is 27.9 Å². The molecule has 1 aliphatic heterocycles. The molecule has 0 N–H and O–H groups in total. The molecule has 41 heavy (non-hydrogen) atoms. The summed E-state index contributed by atoms with van der Waals surface area (Å²) >= 11 is 6.75. The lowest BCUT2D eigenvalue weighted by Gasteiger charge is -2.29. The number of methoxy groups -OCH3 is 1. The molecule has 5 rings (SSSR count). The fourth-order valence-electron chi connectivity index (χ4n) is 4.81. The molecule has 0 bridgehead atoms. The molecule has 0 saturated heterocycles. The van der Waals surface area contributed by atoms with Crippen molar-refractivity contribution >= 4 is 39.0 Å². The van der Waals surface area contributed by atoms with Crippen LogP contribution < -0.4 is 4.90 Å². The van der Waals surface area contributed by atoms with Crippen molar-refractivity contribution in [3.05, 3.63) is 113 Å². The van der Waals surface area contributed by atoms with Crippen molar-refractivity contribution in [2.45, 2.75) is 17.5 Å². The van der Waals surface area contributed by atoms with Crippen LogP contribution in [0.1, 0.15) is 15.9 Å². The van der Waals surface area contributed by atoms with Crippen LogP contribution in [0.25, 0.3) is 11.1 Å². The van der Waals surface area contributed by atoms with Gasteiger partial charge in [0.2, 0.25) is 10.0 Å². The minimum absolute atomic E-state index is 0.0257. The molecule has 1 atom stereocenters. The van der Waals surface area contributed by atoms with Crippen molar-refractivity contribution in [1.82, 2.24) is 4.31 Å². The Balaban J connectivity index is 1.59. The summed E-state index contributed by atoms with van der Waals surface area (Å²) in [6.45, 7) is 0.801. The Morgan fingerprint density at radius 2 is 1.68 bits per heavy atom. The maximum atomic E-state index is 14.4. The van der Waals surface area contributed by atoms with Gasteiger partial charge in [0.25, 0.3) is 0 Å². The van der Waals surface area contributed by atoms with Crippen molar-refractivity contribution in [3.63, 3.8) is 0 Å². The summed E-state index contributed by atoms with van der Waals surface area (Å²) in [6.07, 6.45) is 0. The number of rotatable bonds is 7. The molecule has 1 heterocycles. The Hall–Kier alpha value is -3.76. The van der Waals surface area contributed by atoms with Gasteiger partial charge in [-0.05, 0) is 47.5 Å². The number of hydrogen-bond acceptors (Lipinski definition) is 6. The van der Waals surface area contributed by atoms with E-state index in [0.717, 1.165) is 24.4 Å². The van der Waals surface area contributed by atoms with Crippen molar-refractivity contribution in [2.24, 2.45) is 0 Å². The molecule has 10 heteroatoms. The van der Waals surface area contributed by atoms with Gasteiger partial charge in [0.1, 0.15) is 10.7 Å². The van der Waals surface area contributed by atoms with Gasteiger partial charge in [-0.15, -0.1) is 0 Å². The molecule has 0 unspecified atom stereocenters. The molecule has 7 nitrogen and oxygen atoms in total. The van der Waals surface area contributed by atoms with E-state index in [0.29, 0.717) is 30.0 Å². The molecule has 0 fully saturated rings. The highest BCUT2D eigenvalue weighted by molar-refractivity contribution is 7.89. The zero-order valence-electron chi connectivity index (χ0n) is 22.5. The predicted octanol–water partition coefficient (Wildman–Crippen LogP) is 6.29. The number of sulfonamides is 1. The summed E-state index contributed by atoms with van der Waals surface area (Å²) in [5, 5.41) is 0.240. The van der Waals surface area contributed by atoms with Gasteiger partial charge >= 0.3 is 5.97 Å². The molecule has 0 saturated carbocycles. The summed E-state index contributed by atoms with van der Waals surface area (Å²) in [5.41, 5.74) is 2.59. The topological polar surface area (TPSA) is 76.2 Å². The fourth-order valence-corrected chi connectivity index (χ4v) is 6.61. The highest BCUT2D eigenvalue weighted by atomic mass is 35.5. The predicted molar refractivity (Wildman–Crippen MR) is 156 cm³/mol. The SMILES string of the molecule is COC(=O)c1cc(-c2cc3c(cc2Cl)N(c2ccccc2)C[C@@H](COCc2ccccc2)N(C)S3(=O)=O)ccc1F. The van der Waals surface area contributed by atoms with Crippen LogP contribution in [0.2, 0.25) is 5.02 Å². The van der Waals surface area contributed by atoms with Crippen LogP contribution in [0.4, 0.5) is 15.8 Å². The fraction of sp³-hybridized carbons (Fsp3) is 0.194. The molecule has 0 aromatic heterocycles. The van der Waals surface area contributed by atoms with Gasteiger partial charge in [-0.3, -0.25) is 0 Å². The zero-order valence-corrected chi connectivity index (χ0v) is 24.0. The minimum Gasteiger partial charge on any atom is -0.465 e. The van der Waals surface area contributed by atoms with Crippen LogP contribution in [0.3, 0.4) is 0 Å². The van der Waals surface area contributed by atoms with E-state index in [9.17, 15) is 17.6 Å². The third kappa shape index (κ3) is 5.85. The van der Waals surface area contributed by atoms with Crippen LogP contribution >= 0.6 is 11.6 Å². The van der Waals surface area contributed by atoms with Gasteiger partial charge in [0.15, 0.2) is 0 Å². The Kier molecular flexibility index (Phi) is 8.42. The number of carbonyl (C=O) groups excluding carboxylic acids is 1. The summed E-state index contributed by atoms with van der Waals surface area (Å²) in [5.74, 6) is -1.61. The lowest BCUT2D eigenvalue weighted by molar-refractivity contribution is 0.0595. The molecular formula is C31H28ClFN2O5S. The molecule has 4 aromatic carbocycles. The number of benzene rings is 4. The first-order valence-corrected chi connectivity index (χ1v) is 14.7. The maximum Gasteiger partial charge on any atom is 0.340 e. The van der Waals surface area contributed by atoms with Crippen LogP contribution in [-0.4, -0.2) is 52.0 Å². The van der Waals surface area contributed by atoms with E-state index in [1.54, 1.807) is 6.07 Å². The average molecular weight is 595 g/mol. The molecule has 0 aliphatic carbocycles. The number of esters is 1. The van der Waals surface area contributed by atoms with E-state index in [-0.39, 0.29) is 22.1 Å². The summed E-state index contributed by atoms with van der Waals surface area (Å²) in [7, 11) is -1.35. The van der Waals surface area contributed by atoms with Crippen molar-refractivity contribution in [1.29, 1.82) is 0 Å². The number of likely N-dealkylation sites (N-methyl/N-ethyl adjacent to an activating group) is 1. The number of halogens is 2. The van der Waals surface area contributed by atoms with Crippen molar-refractivity contribution in [3.8, 4) is 11.1 Å². The number of fused-ring (bicyclic) bond motifs is 1. The maximum absolute atomic E-state index is 14.4. The van der Waals surface area contributed by atoms with Gasteiger partial charge in [-0.2, -0.15) is 4.31 Å². The molecular weight excluding hydrogens is 567 g/mol. The van der Waals surface area contributed by atoms with Gasteiger partial charge in [-0.1, -0.05) is 66.2 Å². The Bertz CT molecular complexity index is 1670. The molecule has 0 amide bonds. The number of carbonyl (C=O) groups is 1. The molecule has 0 spiro atoms. The first-order valence-electron chi connectivity index (χ1n) is 12.8. The van der Waals surface area contributed by atoms with Crippen LogP contribution in [0.5, 0.6) is 0 Å². The lowest BCUT2D eigenvalue weighted by atomic mass is 10.0. The second-order valence-electron chi connectivity index (χ2n) is 9.61. The van der Waals surface area contributed by atoms with E-state index in [1.165, 1.54) is 29.6 Å². The Morgan fingerprint density at radius 1 is 1.00 bits per heavy atom. The lowest BCUT2D eigenvalue weighted by Crippen LogP contribution is -2.43. The third-order valence-electron chi connectivity index (χ3n) is 7.08. The zero-order chi connectivity index (χ0) is 29.1. The van der Waals surface area contributed by atoms with Gasteiger partial charge in [0, 0.05) is 24.8 Å². The highest BCUT2D eigenvalue weighted by Gasteiger charge is 2.38. The van der Waals surface area contributed by atoms with Gasteiger partial charge in [0.05, 0.1) is 42.6 Å². The van der Waals surface area contributed by atoms with Crippen LogP contribution in [0, 0.1) is 5.82 Å². The second kappa shape index (κ2) is 12.0. The third-order valence-corrected chi connectivity index (χ3v) is 9.33. The Labute approximate surface area is 243 Å². The summed E-state index contributed by atoms with van der Waals surface area (Å²) < 4.78 is 54.5. The van der Waals surface area contributed by atoms with Gasteiger partial charge < -0.3 is 14.4 Å². The molecule has 212 valence electrons. The van der Waals surface area contributed by atoms with Gasteiger partial charge in [-0.25, -0.2) is 17.6 Å². The largest absolute Gasteiger partial charge is 0.465 e. The monoisotopic (exact) mass is 594 g/mol. The van der Waals surface area contributed by atoms with E-state index in [1.807, 2.05) is 65.6 Å². The smallest absolute Gasteiger partial charge is 0.340 e. The summed E-state index contributed by atoms with van der Waals surface area (Å²) in [4.78, 5) is 14.1. The quantitative estimate of drug-likeness (QED) is 0.234. The van der Waals surface area contributed by atoms with E-state index in [2.05, 4.69) is 0 Å². The number of ether oxygens (including phenoxy) is 2.